The number of hydrogen-bond donors (Lipinski definition) is 1. The molecule has 1 N–H and O–H groups in total. The van der Waals surface area contributed by atoms with Gasteiger partial charge in [0.15, 0.2) is 0 Å². The van der Waals surface area contributed by atoms with Gasteiger partial charge in [0, 0.05) is 6.04 Å². The summed E-state index contributed by atoms with van der Waals surface area (Å²) in [7, 11) is 1.38. The van der Waals surface area contributed by atoms with Crippen molar-refractivity contribution in [3.63, 3.8) is 0 Å². The summed E-state index contributed by atoms with van der Waals surface area (Å²) in [6.07, 6.45) is 4.81. The number of methoxy groups -OCH3 is 1. The van der Waals surface area contributed by atoms with Gasteiger partial charge in [-0.3, -0.25) is 0 Å². The van der Waals surface area contributed by atoms with Gasteiger partial charge < -0.3 is 14.8 Å². The first-order valence-electron chi connectivity index (χ1n) is 6.84. The lowest BCUT2D eigenvalue weighted by Crippen LogP contribution is -2.35. The Bertz CT molecular complexity index is 414. The second kappa shape index (κ2) is 7.14. The second-order valence-electron chi connectivity index (χ2n) is 4.80. The van der Waals surface area contributed by atoms with Crippen LogP contribution < -0.4 is 10.1 Å². The number of carbonyl (C=O) groups is 1. The number of hydrogen-bond acceptors (Lipinski definition) is 4. The van der Waals surface area contributed by atoms with Crippen LogP contribution in [0, 0.1) is 0 Å². The molecule has 0 aromatic heterocycles. The number of esters is 1. The highest BCUT2D eigenvalue weighted by molar-refractivity contribution is 5.89. The smallest absolute Gasteiger partial charge is 0.337 e. The van der Waals surface area contributed by atoms with Crippen molar-refractivity contribution in [3.05, 3.63) is 29.8 Å². The van der Waals surface area contributed by atoms with Crippen molar-refractivity contribution in [3.8, 4) is 5.75 Å². The van der Waals surface area contributed by atoms with Gasteiger partial charge in [-0.05, 0) is 44.0 Å². The van der Waals surface area contributed by atoms with E-state index in [2.05, 4.69) is 10.1 Å². The van der Waals surface area contributed by atoms with Crippen LogP contribution in [0.2, 0.25) is 0 Å². The zero-order valence-electron chi connectivity index (χ0n) is 11.4. The van der Waals surface area contributed by atoms with Gasteiger partial charge in [-0.15, -0.1) is 0 Å². The third kappa shape index (κ3) is 4.24. The first-order valence-corrected chi connectivity index (χ1v) is 6.84. The van der Waals surface area contributed by atoms with Crippen LogP contribution in [0.25, 0.3) is 0 Å². The Morgan fingerprint density at radius 2 is 2.32 bits per heavy atom. The molecular weight excluding hydrogens is 242 g/mol. The predicted octanol–water partition coefficient (Wildman–Crippen LogP) is 2.38. The Hall–Kier alpha value is -1.55. The van der Waals surface area contributed by atoms with E-state index in [0.717, 1.165) is 18.7 Å². The van der Waals surface area contributed by atoms with Gasteiger partial charge in [-0.25, -0.2) is 4.79 Å². The molecule has 0 spiro atoms. The molecule has 0 saturated carbocycles. The third-order valence-electron chi connectivity index (χ3n) is 3.40. The highest BCUT2D eigenvalue weighted by Crippen LogP contribution is 2.16. The molecule has 1 fully saturated rings. The van der Waals surface area contributed by atoms with Crippen molar-refractivity contribution in [2.75, 3.05) is 20.3 Å². The van der Waals surface area contributed by atoms with E-state index in [1.807, 2.05) is 6.07 Å². The van der Waals surface area contributed by atoms with Gasteiger partial charge in [-0.1, -0.05) is 12.5 Å². The van der Waals surface area contributed by atoms with Crippen LogP contribution in [0.1, 0.15) is 36.0 Å². The maximum Gasteiger partial charge on any atom is 0.337 e. The molecule has 0 bridgehead atoms. The van der Waals surface area contributed by atoms with Gasteiger partial charge in [0.2, 0.25) is 0 Å². The van der Waals surface area contributed by atoms with Gasteiger partial charge in [-0.2, -0.15) is 0 Å². The number of nitrogens with one attached hydrogen (secondary N) is 1. The third-order valence-corrected chi connectivity index (χ3v) is 3.40. The van der Waals surface area contributed by atoms with Crippen LogP contribution >= 0.6 is 0 Å². The molecule has 1 aliphatic heterocycles. The van der Waals surface area contributed by atoms with Gasteiger partial charge in [0.1, 0.15) is 5.75 Å². The van der Waals surface area contributed by atoms with Gasteiger partial charge >= 0.3 is 5.97 Å². The molecule has 1 aromatic carbocycles. The molecule has 1 heterocycles. The molecule has 1 aliphatic rings. The van der Waals surface area contributed by atoms with Gasteiger partial charge in [0.25, 0.3) is 0 Å². The molecule has 4 heteroatoms. The lowest BCUT2D eigenvalue weighted by atomic mass is 10.0. The minimum atomic E-state index is -0.334. The zero-order chi connectivity index (χ0) is 13.5. The van der Waals surface area contributed by atoms with E-state index in [1.165, 1.54) is 26.4 Å². The predicted molar refractivity (Wildman–Crippen MR) is 73.5 cm³/mol. The topological polar surface area (TPSA) is 47.6 Å². The Balaban J connectivity index is 1.80. The summed E-state index contributed by atoms with van der Waals surface area (Å²) >= 11 is 0. The fraction of sp³-hybridized carbons (Fsp3) is 0.533. The summed E-state index contributed by atoms with van der Waals surface area (Å²) in [6, 6.07) is 7.68. The average Bonchev–Trinajstić information content (AvgIpc) is 2.48. The van der Waals surface area contributed by atoms with Crippen LogP contribution in [-0.2, 0) is 4.74 Å². The number of carbonyl (C=O) groups excluding carboxylic acids is 1. The molecule has 104 valence electrons. The van der Waals surface area contributed by atoms with Crippen molar-refractivity contribution in [2.45, 2.75) is 31.7 Å². The first kappa shape index (κ1) is 13.9. The van der Waals surface area contributed by atoms with E-state index in [1.54, 1.807) is 18.2 Å². The minimum absolute atomic E-state index is 0.334. The second-order valence-corrected chi connectivity index (χ2v) is 4.80. The summed E-state index contributed by atoms with van der Waals surface area (Å²) in [4.78, 5) is 11.4. The first-order chi connectivity index (χ1) is 9.29. The Kier molecular flexibility index (Phi) is 5.21. The van der Waals surface area contributed by atoms with Crippen LogP contribution in [0.15, 0.2) is 24.3 Å². The van der Waals surface area contributed by atoms with Crippen molar-refractivity contribution in [1.82, 2.24) is 5.32 Å². The molecule has 0 unspecified atom stereocenters. The highest BCUT2D eigenvalue weighted by Gasteiger charge is 2.12. The van der Waals surface area contributed by atoms with E-state index < -0.39 is 0 Å². The maximum absolute atomic E-state index is 11.4. The Morgan fingerprint density at radius 1 is 1.42 bits per heavy atom. The summed E-state index contributed by atoms with van der Waals surface area (Å²) in [5, 5.41) is 3.49. The molecule has 2 rings (SSSR count). The summed E-state index contributed by atoms with van der Waals surface area (Å²) < 4.78 is 10.4. The van der Waals surface area contributed by atoms with Crippen molar-refractivity contribution in [1.29, 1.82) is 0 Å². The molecular formula is C15H21NO3. The molecule has 0 radical (unpaired) electrons. The highest BCUT2D eigenvalue weighted by atomic mass is 16.5. The fourth-order valence-electron chi connectivity index (χ4n) is 2.32. The van der Waals surface area contributed by atoms with Crippen LogP contribution in [-0.4, -0.2) is 32.3 Å². The quantitative estimate of drug-likeness (QED) is 0.829. The SMILES string of the molecule is COC(=O)c1cccc(OCC[C@H]2CCCCN2)c1. The molecule has 19 heavy (non-hydrogen) atoms. The summed E-state index contributed by atoms with van der Waals surface area (Å²) in [5.74, 6) is 0.387. The zero-order valence-corrected chi connectivity index (χ0v) is 11.4. The summed E-state index contributed by atoms with van der Waals surface area (Å²) in [5.41, 5.74) is 0.524. The van der Waals surface area contributed by atoms with Crippen LogP contribution in [0.4, 0.5) is 0 Å². The molecule has 0 amide bonds. The Labute approximate surface area is 114 Å². The van der Waals surface area contributed by atoms with Crippen molar-refractivity contribution >= 4 is 5.97 Å². The van der Waals surface area contributed by atoms with E-state index >= 15 is 0 Å². The molecule has 1 atom stereocenters. The number of ether oxygens (including phenoxy) is 2. The standard InChI is InChI=1S/C15H21NO3/c1-18-15(17)12-5-4-7-14(11-12)19-10-8-13-6-2-3-9-16-13/h4-5,7,11,13,16H,2-3,6,8-10H2,1H3/t13-/m1/s1. The molecule has 1 saturated heterocycles. The lowest BCUT2D eigenvalue weighted by molar-refractivity contribution is 0.0600. The maximum atomic E-state index is 11.4. The molecule has 1 aromatic rings. The van der Waals surface area contributed by atoms with Crippen molar-refractivity contribution < 1.29 is 14.3 Å². The Morgan fingerprint density at radius 3 is 3.05 bits per heavy atom. The van der Waals surface area contributed by atoms with Crippen LogP contribution in [0.3, 0.4) is 0 Å². The van der Waals surface area contributed by atoms with E-state index in [0.29, 0.717) is 18.2 Å². The summed E-state index contributed by atoms with van der Waals surface area (Å²) in [6.45, 7) is 1.78. The molecule has 0 aliphatic carbocycles. The molecule has 4 nitrogen and oxygen atoms in total. The lowest BCUT2D eigenvalue weighted by Gasteiger charge is -2.23. The minimum Gasteiger partial charge on any atom is -0.494 e. The van der Waals surface area contributed by atoms with Gasteiger partial charge in [0.05, 0.1) is 19.3 Å². The van der Waals surface area contributed by atoms with Crippen LogP contribution in [0.5, 0.6) is 5.75 Å². The number of piperidine rings is 1. The number of benzene rings is 1. The van der Waals surface area contributed by atoms with E-state index in [9.17, 15) is 4.79 Å². The normalized spacial score (nSPS) is 18.9. The fourth-order valence-corrected chi connectivity index (χ4v) is 2.32. The van der Waals surface area contributed by atoms with Crippen molar-refractivity contribution in [2.24, 2.45) is 0 Å². The number of rotatable bonds is 5. The van der Waals surface area contributed by atoms with E-state index in [4.69, 9.17) is 4.74 Å². The monoisotopic (exact) mass is 263 g/mol. The van der Waals surface area contributed by atoms with E-state index in [-0.39, 0.29) is 5.97 Å². The average molecular weight is 263 g/mol. The largest absolute Gasteiger partial charge is 0.494 e.